The number of ether oxygens (including phenoxy) is 2. The summed E-state index contributed by atoms with van der Waals surface area (Å²) in [5.74, 6) is 2.30. The van der Waals surface area contributed by atoms with Gasteiger partial charge in [-0.25, -0.2) is 0 Å². The molecular formula is C16H24O3. The van der Waals surface area contributed by atoms with Gasteiger partial charge in [-0.05, 0) is 69.1 Å². The zero-order valence-corrected chi connectivity index (χ0v) is 11.6. The molecule has 19 heavy (non-hydrogen) atoms. The van der Waals surface area contributed by atoms with Gasteiger partial charge < -0.3 is 14.3 Å². The Labute approximate surface area is 115 Å². The molecule has 3 unspecified atom stereocenters. The summed E-state index contributed by atoms with van der Waals surface area (Å²) < 4.78 is 12.2. The second kappa shape index (κ2) is 4.56. The molecule has 3 nitrogen and oxygen atoms in total. The number of aldehydes is 1. The molecule has 4 saturated carbocycles. The van der Waals surface area contributed by atoms with Gasteiger partial charge in [0.25, 0.3) is 0 Å². The van der Waals surface area contributed by atoms with E-state index in [1.54, 1.807) is 0 Å². The van der Waals surface area contributed by atoms with Crippen LogP contribution in [0.2, 0.25) is 0 Å². The molecule has 5 fully saturated rings. The van der Waals surface area contributed by atoms with E-state index in [-0.39, 0.29) is 11.9 Å². The fourth-order valence-electron chi connectivity index (χ4n) is 5.44. The third-order valence-electron chi connectivity index (χ3n) is 5.97. The molecule has 4 aliphatic carbocycles. The molecule has 0 N–H and O–H groups in total. The maximum atomic E-state index is 11.3. The highest BCUT2D eigenvalue weighted by atomic mass is 16.7. The molecule has 1 aliphatic heterocycles. The van der Waals surface area contributed by atoms with Crippen molar-refractivity contribution in [3.63, 3.8) is 0 Å². The van der Waals surface area contributed by atoms with Gasteiger partial charge in [-0.1, -0.05) is 0 Å². The Morgan fingerprint density at radius 1 is 1.11 bits per heavy atom. The first kappa shape index (κ1) is 12.3. The minimum absolute atomic E-state index is 0.0275. The average Bonchev–Trinajstić information content (AvgIpc) is 2.38. The van der Waals surface area contributed by atoms with Crippen molar-refractivity contribution in [1.82, 2.24) is 0 Å². The van der Waals surface area contributed by atoms with E-state index < -0.39 is 0 Å². The summed E-state index contributed by atoms with van der Waals surface area (Å²) in [6.45, 7) is 0.855. The molecular weight excluding hydrogens is 240 g/mol. The molecule has 106 valence electrons. The zero-order chi connectivity index (χ0) is 12.9. The molecule has 3 heteroatoms. The van der Waals surface area contributed by atoms with Crippen LogP contribution in [0.25, 0.3) is 0 Å². The lowest BCUT2D eigenvalue weighted by atomic mass is 9.50. The first-order valence-corrected chi connectivity index (χ1v) is 8.03. The van der Waals surface area contributed by atoms with E-state index in [0.29, 0.717) is 17.8 Å². The van der Waals surface area contributed by atoms with E-state index in [4.69, 9.17) is 9.47 Å². The summed E-state index contributed by atoms with van der Waals surface area (Å²) >= 11 is 0. The van der Waals surface area contributed by atoms with Crippen molar-refractivity contribution in [2.45, 2.75) is 63.3 Å². The number of hydrogen-bond acceptors (Lipinski definition) is 3. The van der Waals surface area contributed by atoms with Gasteiger partial charge in [0.05, 0.1) is 5.60 Å². The maximum absolute atomic E-state index is 11.3. The first-order valence-electron chi connectivity index (χ1n) is 8.03. The number of carbonyl (C=O) groups is 1. The minimum atomic E-state index is 0.0275. The Morgan fingerprint density at radius 2 is 1.89 bits per heavy atom. The van der Waals surface area contributed by atoms with Gasteiger partial charge in [0.2, 0.25) is 0 Å². The summed E-state index contributed by atoms with van der Waals surface area (Å²) in [6, 6.07) is 0. The summed E-state index contributed by atoms with van der Waals surface area (Å²) in [7, 11) is 0. The Bertz CT molecular complexity index is 345. The van der Waals surface area contributed by atoms with Crippen molar-refractivity contribution in [2.24, 2.45) is 23.7 Å². The van der Waals surface area contributed by atoms with Crippen LogP contribution in [0.5, 0.6) is 0 Å². The fourth-order valence-corrected chi connectivity index (χ4v) is 5.44. The molecule has 5 aliphatic rings. The highest BCUT2D eigenvalue weighted by Crippen LogP contribution is 2.59. The second-order valence-corrected chi connectivity index (χ2v) is 7.28. The number of carbonyl (C=O) groups excluding carboxylic acids is 1. The van der Waals surface area contributed by atoms with Gasteiger partial charge in [0, 0.05) is 12.5 Å². The third kappa shape index (κ3) is 2.06. The lowest BCUT2D eigenvalue weighted by Crippen LogP contribution is -2.57. The van der Waals surface area contributed by atoms with E-state index in [0.717, 1.165) is 31.8 Å². The van der Waals surface area contributed by atoms with Gasteiger partial charge in [-0.3, -0.25) is 0 Å². The molecule has 0 amide bonds. The SMILES string of the molecule is O=CC1C2CC3CC1CC(OC1CCCCO1)(C3)C2. The molecule has 5 rings (SSSR count). The lowest BCUT2D eigenvalue weighted by molar-refractivity contribution is -0.270. The normalized spacial score (nSPS) is 52.3. The predicted molar refractivity (Wildman–Crippen MR) is 70.5 cm³/mol. The Hall–Kier alpha value is -0.410. The van der Waals surface area contributed by atoms with Gasteiger partial charge in [-0.2, -0.15) is 0 Å². The fraction of sp³-hybridized carbons (Fsp3) is 0.938. The van der Waals surface area contributed by atoms with E-state index in [9.17, 15) is 4.79 Å². The molecule has 3 atom stereocenters. The Kier molecular flexibility index (Phi) is 2.96. The van der Waals surface area contributed by atoms with Crippen molar-refractivity contribution in [3.8, 4) is 0 Å². The molecule has 0 aromatic rings. The van der Waals surface area contributed by atoms with Gasteiger partial charge in [-0.15, -0.1) is 0 Å². The van der Waals surface area contributed by atoms with Crippen LogP contribution in [0, 0.1) is 23.7 Å². The highest BCUT2D eigenvalue weighted by Gasteiger charge is 2.56. The number of hydrogen-bond donors (Lipinski definition) is 0. The monoisotopic (exact) mass is 264 g/mol. The smallest absolute Gasteiger partial charge is 0.158 e. The zero-order valence-electron chi connectivity index (χ0n) is 11.6. The molecule has 0 aromatic carbocycles. The predicted octanol–water partition coefficient (Wildman–Crippen LogP) is 2.92. The summed E-state index contributed by atoms with van der Waals surface area (Å²) in [4.78, 5) is 11.3. The molecule has 0 spiro atoms. The van der Waals surface area contributed by atoms with Crippen molar-refractivity contribution < 1.29 is 14.3 Å². The van der Waals surface area contributed by atoms with Crippen molar-refractivity contribution in [1.29, 1.82) is 0 Å². The quantitative estimate of drug-likeness (QED) is 0.735. The van der Waals surface area contributed by atoms with Crippen LogP contribution >= 0.6 is 0 Å². The Morgan fingerprint density at radius 3 is 2.53 bits per heavy atom. The second-order valence-electron chi connectivity index (χ2n) is 7.28. The molecule has 1 saturated heterocycles. The van der Waals surface area contributed by atoms with Crippen molar-refractivity contribution in [3.05, 3.63) is 0 Å². The molecule has 0 aromatic heterocycles. The van der Waals surface area contributed by atoms with Gasteiger partial charge in [0.15, 0.2) is 6.29 Å². The molecule has 4 bridgehead atoms. The summed E-state index contributed by atoms with van der Waals surface area (Å²) in [6.07, 6.45) is 10.7. The minimum Gasteiger partial charge on any atom is -0.353 e. The van der Waals surface area contributed by atoms with E-state index in [1.807, 2.05) is 0 Å². The van der Waals surface area contributed by atoms with Crippen LogP contribution in [0.3, 0.4) is 0 Å². The van der Waals surface area contributed by atoms with Gasteiger partial charge in [0.1, 0.15) is 6.29 Å². The standard InChI is InChI=1S/C16H24O3/c17-10-14-12-5-11-6-13(14)9-16(7-11,8-12)19-15-3-1-2-4-18-15/h10-15H,1-9H2. The van der Waals surface area contributed by atoms with Crippen LogP contribution in [0.1, 0.15) is 51.4 Å². The van der Waals surface area contributed by atoms with Gasteiger partial charge >= 0.3 is 0 Å². The first-order chi connectivity index (χ1) is 9.28. The number of rotatable bonds is 3. The summed E-state index contributed by atoms with van der Waals surface area (Å²) in [5.41, 5.74) is 0.0536. The average molecular weight is 264 g/mol. The van der Waals surface area contributed by atoms with Crippen molar-refractivity contribution >= 4 is 6.29 Å². The van der Waals surface area contributed by atoms with E-state index >= 15 is 0 Å². The molecule has 1 heterocycles. The third-order valence-corrected chi connectivity index (χ3v) is 5.97. The van der Waals surface area contributed by atoms with E-state index in [1.165, 1.54) is 38.4 Å². The lowest BCUT2D eigenvalue weighted by Gasteiger charge is -2.59. The molecule has 0 radical (unpaired) electrons. The van der Waals surface area contributed by atoms with Crippen LogP contribution in [-0.2, 0) is 14.3 Å². The van der Waals surface area contributed by atoms with Crippen LogP contribution in [0.4, 0.5) is 0 Å². The highest BCUT2D eigenvalue weighted by molar-refractivity contribution is 5.55. The van der Waals surface area contributed by atoms with Crippen LogP contribution in [-0.4, -0.2) is 24.8 Å². The van der Waals surface area contributed by atoms with Crippen LogP contribution in [0.15, 0.2) is 0 Å². The maximum Gasteiger partial charge on any atom is 0.158 e. The summed E-state index contributed by atoms with van der Waals surface area (Å²) in [5, 5.41) is 0. The van der Waals surface area contributed by atoms with Crippen molar-refractivity contribution in [2.75, 3.05) is 6.61 Å². The largest absolute Gasteiger partial charge is 0.353 e. The van der Waals surface area contributed by atoms with E-state index in [2.05, 4.69) is 0 Å². The Balaban J connectivity index is 1.51. The topological polar surface area (TPSA) is 35.5 Å². The van der Waals surface area contributed by atoms with Crippen LogP contribution < -0.4 is 0 Å².